The maximum absolute atomic E-state index is 12.9. The fourth-order valence-electron chi connectivity index (χ4n) is 1.66. The van der Waals surface area contributed by atoms with Gasteiger partial charge in [-0.2, -0.15) is 31.4 Å². The van der Waals surface area contributed by atoms with Gasteiger partial charge in [-0.1, -0.05) is 0 Å². The second-order valence-electron chi connectivity index (χ2n) is 4.24. The van der Waals surface area contributed by atoms with Crippen molar-refractivity contribution in [2.75, 3.05) is 0 Å². The van der Waals surface area contributed by atoms with Crippen molar-refractivity contribution in [2.24, 2.45) is 5.73 Å². The molecule has 0 bridgehead atoms. The maximum Gasteiger partial charge on any atom is 0.435 e. The van der Waals surface area contributed by atoms with E-state index in [4.69, 9.17) is 5.73 Å². The van der Waals surface area contributed by atoms with Gasteiger partial charge in [0, 0.05) is 16.3 Å². The number of carbonyl (C=O) groups excluding carboxylic acids is 1. The first kappa shape index (κ1) is 16.3. The number of amides is 1. The van der Waals surface area contributed by atoms with Crippen molar-refractivity contribution in [3.8, 4) is 5.69 Å². The third kappa shape index (κ3) is 3.40. The van der Waals surface area contributed by atoms with E-state index in [1.54, 1.807) is 0 Å². The molecule has 1 amide bonds. The quantitative estimate of drug-likeness (QED) is 0.871. The van der Waals surface area contributed by atoms with Crippen LogP contribution in [-0.2, 0) is 23.6 Å². The summed E-state index contributed by atoms with van der Waals surface area (Å²) in [5.74, 6) is -0.708. The number of hydrogen-bond donors (Lipinski definition) is 1. The zero-order valence-corrected chi connectivity index (χ0v) is 11.3. The van der Waals surface area contributed by atoms with Crippen LogP contribution >= 0.6 is 11.3 Å². The predicted molar refractivity (Wildman–Crippen MR) is 64.3 cm³/mol. The Morgan fingerprint density at radius 3 is 2.32 bits per heavy atom. The molecule has 4 nitrogen and oxygen atoms in total. The Labute approximate surface area is 123 Å². The third-order valence-electron chi connectivity index (χ3n) is 2.52. The number of nitrogens with zero attached hydrogens (tertiary/aromatic N) is 2. The SMILES string of the molecule is NC(=O)Cc1cc(-n2nc(C(F)(F)F)cc2C(F)(F)F)cs1. The Morgan fingerprint density at radius 2 is 1.82 bits per heavy atom. The molecule has 2 N–H and O–H groups in total. The van der Waals surface area contributed by atoms with Gasteiger partial charge in [0.15, 0.2) is 5.69 Å². The molecule has 0 aliphatic heterocycles. The van der Waals surface area contributed by atoms with E-state index in [2.05, 4.69) is 5.10 Å². The highest BCUT2D eigenvalue weighted by Crippen LogP contribution is 2.37. The lowest BCUT2D eigenvalue weighted by atomic mass is 10.3. The van der Waals surface area contributed by atoms with Crippen LogP contribution in [0.5, 0.6) is 0 Å². The summed E-state index contributed by atoms with van der Waals surface area (Å²) in [7, 11) is 0. The highest BCUT2D eigenvalue weighted by molar-refractivity contribution is 7.10. The average Bonchev–Trinajstić information content (AvgIpc) is 2.90. The molecular formula is C11H7F6N3OS. The fourth-order valence-corrected chi connectivity index (χ4v) is 2.52. The normalized spacial score (nSPS) is 12.6. The lowest BCUT2D eigenvalue weighted by molar-refractivity contribution is -0.143. The van der Waals surface area contributed by atoms with E-state index in [9.17, 15) is 31.1 Å². The molecule has 2 aromatic heterocycles. The van der Waals surface area contributed by atoms with Crippen molar-refractivity contribution < 1.29 is 31.1 Å². The first-order valence-electron chi connectivity index (χ1n) is 5.59. The first-order valence-corrected chi connectivity index (χ1v) is 6.47. The van der Waals surface area contributed by atoms with E-state index in [0.29, 0.717) is 4.88 Å². The van der Waals surface area contributed by atoms with Gasteiger partial charge in [-0.05, 0) is 6.07 Å². The van der Waals surface area contributed by atoms with Crippen LogP contribution in [-0.4, -0.2) is 15.7 Å². The predicted octanol–water partition coefficient (Wildman–Crippen LogP) is 3.00. The molecule has 0 aliphatic rings. The Morgan fingerprint density at radius 1 is 1.18 bits per heavy atom. The minimum absolute atomic E-state index is 0.0641. The van der Waals surface area contributed by atoms with Crippen molar-refractivity contribution in [2.45, 2.75) is 18.8 Å². The largest absolute Gasteiger partial charge is 0.435 e. The van der Waals surface area contributed by atoms with Gasteiger partial charge >= 0.3 is 12.4 Å². The number of hydrogen-bond acceptors (Lipinski definition) is 3. The summed E-state index contributed by atoms with van der Waals surface area (Å²) in [4.78, 5) is 11.1. The smallest absolute Gasteiger partial charge is 0.369 e. The molecule has 0 aromatic carbocycles. The molecule has 0 fully saturated rings. The number of halogens is 6. The number of aromatic nitrogens is 2. The standard InChI is InChI=1S/C11H7F6N3OS/c12-10(13,14)7-3-8(11(15,16)17)20(19-7)5-1-6(22-4-5)2-9(18)21/h1,3-4H,2H2,(H2,18,21). The number of thiophene rings is 1. The maximum atomic E-state index is 12.9. The molecule has 0 saturated carbocycles. The highest BCUT2D eigenvalue weighted by atomic mass is 32.1. The van der Waals surface area contributed by atoms with Crippen molar-refractivity contribution in [3.05, 3.63) is 33.8 Å². The molecule has 2 rings (SSSR count). The number of alkyl halides is 6. The molecule has 0 aliphatic carbocycles. The Balaban J connectivity index is 2.51. The lowest BCUT2D eigenvalue weighted by Crippen LogP contribution is -2.13. The van der Waals surface area contributed by atoms with Crippen molar-refractivity contribution in [1.82, 2.24) is 9.78 Å². The molecule has 11 heteroatoms. The Kier molecular flexibility index (Phi) is 3.94. The van der Waals surface area contributed by atoms with Crippen LogP contribution in [0.3, 0.4) is 0 Å². The molecule has 0 radical (unpaired) electrons. The second kappa shape index (κ2) is 5.30. The first-order chi connectivity index (χ1) is 9.98. The van der Waals surface area contributed by atoms with Crippen LogP contribution in [0.1, 0.15) is 16.3 Å². The van der Waals surface area contributed by atoms with Gasteiger partial charge in [0.25, 0.3) is 0 Å². The van der Waals surface area contributed by atoms with Gasteiger partial charge in [-0.25, -0.2) is 4.68 Å². The van der Waals surface area contributed by atoms with Crippen LogP contribution in [0, 0.1) is 0 Å². The topological polar surface area (TPSA) is 60.9 Å². The monoisotopic (exact) mass is 343 g/mol. The highest BCUT2D eigenvalue weighted by Gasteiger charge is 2.42. The van der Waals surface area contributed by atoms with E-state index in [0.717, 1.165) is 17.4 Å². The van der Waals surface area contributed by atoms with Crippen LogP contribution in [0.2, 0.25) is 0 Å². The summed E-state index contributed by atoms with van der Waals surface area (Å²) in [6, 6.07) is 1.07. The van der Waals surface area contributed by atoms with E-state index in [-0.39, 0.29) is 22.9 Å². The Hall–Kier alpha value is -2.04. The summed E-state index contributed by atoms with van der Waals surface area (Å²) in [6.45, 7) is 0. The third-order valence-corrected chi connectivity index (χ3v) is 3.45. The van der Waals surface area contributed by atoms with Crippen molar-refractivity contribution >= 4 is 17.2 Å². The number of primary amides is 1. The van der Waals surface area contributed by atoms with Crippen LogP contribution < -0.4 is 5.73 Å². The lowest BCUT2D eigenvalue weighted by Gasteiger charge is -2.08. The van der Waals surface area contributed by atoms with E-state index in [1.165, 1.54) is 5.38 Å². The molecule has 0 spiro atoms. The fraction of sp³-hybridized carbons (Fsp3) is 0.273. The average molecular weight is 343 g/mol. The summed E-state index contributed by atoms with van der Waals surface area (Å²) < 4.78 is 76.4. The van der Waals surface area contributed by atoms with Crippen molar-refractivity contribution in [3.63, 3.8) is 0 Å². The van der Waals surface area contributed by atoms with Crippen molar-refractivity contribution in [1.29, 1.82) is 0 Å². The van der Waals surface area contributed by atoms with Gasteiger partial charge in [0.1, 0.15) is 5.69 Å². The minimum Gasteiger partial charge on any atom is -0.369 e. The molecule has 2 aromatic rings. The molecule has 2 heterocycles. The summed E-state index contributed by atoms with van der Waals surface area (Å²) in [6.07, 6.45) is -10.2. The summed E-state index contributed by atoms with van der Waals surface area (Å²) in [5, 5.41) is 4.14. The Bertz CT molecular complexity index is 699. The van der Waals surface area contributed by atoms with Gasteiger partial charge in [0.2, 0.25) is 5.91 Å². The molecule has 120 valence electrons. The van der Waals surface area contributed by atoms with Gasteiger partial charge < -0.3 is 5.73 Å². The van der Waals surface area contributed by atoms with E-state index >= 15 is 0 Å². The minimum atomic E-state index is -5.01. The number of nitrogens with two attached hydrogens (primary N) is 1. The molecule has 22 heavy (non-hydrogen) atoms. The van der Waals surface area contributed by atoms with Crippen LogP contribution in [0.15, 0.2) is 17.5 Å². The van der Waals surface area contributed by atoms with Gasteiger partial charge in [-0.15, -0.1) is 11.3 Å². The van der Waals surface area contributed by atoms with E-state index in [1.807, 2.05) is 0 Å². The number of rotatable bonds is 3. The molecule has 0 atom stereocenters. The molecule has 0 saturated heterocycles. The molecule has 0 unspecified atom stereocenters. The zero-order valence-electron chi connectivity index (χ0n) is 10.5. The summed E-state index contributed by atoms with van der Waals surface area (Å²) >= 11 is 0.899. The van der Waals surface area contributed by atoms with Crippen LogP contribution in [0.25, 0.3) is 5.69 Å². The second-order valence-corrected chi connectivity index (χ2v) is 5.23. The van der Waals surface area contributed by atoms with Gasteiger partial charge in [-0.3, -0.25) is 4.79 Å². The molecular weight excluding hydrogens is 336 g/mol. The van der Waals surface area contributed by atoms with Gasteiger partial charge in [0.05, 0.1) is 12.1 Å². The van der Waals surface area contributed by atoms with E-state index < -0.39 is 29.6 Å². The zero-order chi connectivity index (χ0) is 16.7. The summed E-state index contributed by atoms with van der Waals surface area (Å²) in [5.41, 5.74) is 1.53. The number of carbonyl (C=O) groups is 1. The van der Waals surface area contributed by atoms with Crippen LogP contribution in [0.4, 0.5) is 26.3 Å².